The molecule has 1 N–H and O–H groups in total. The van der Waals surface area contributed by atoms with Gasteiger partial charge >= 0.3 is 0 Å². The summed E-state index contributed by atoms with van der Waals surface area (Å²) in [5.41, 5.74) is 2.44. The van der Waals surface area contributed by atoms with Crippen molar-refractivity contribution in [2.24, 2.45) is 0 Å². The van der Waals surface area contributed by atoms with Crippen molar-refractivity contribution in [1.29, 1.82) is 0 Å². The second kappa shape index (κ2) is 15.4. The molecular weight excluding hydrogens is 629 g/mol. The van der Waals surface area contributed by atoms with E-state index in [4.69, 9.17) is 23.2 Å². The monoisotopic (exact) mass is 665 g/mol. The van der Waals surface area contributed by atoms with E-state index < -0.39 is 28.5 Å². The molecule has 0 saturated carbocycles. The molecule has 0 saturated heterocycles. The Hall–Kier alpha value is -3.85. The maximum atomic E-state index is 14.5. The number of hydrogen-bond acceptors (Lipinski definition) is 4. The molecule has 7 nitrogen and oxygen atoms in total. The minimum Gasteiger partial charge on any atom is -0.352 e. The molecule has 4 rings (SSSR count). The van der Waals surface area contributed by atoms with Crippen molar-refractivity contribution in [2.75, 3.05) is 10.8 Å². The average Bonchev–Trinajstić information content (AvgIpc) is 3.02. The number of nitrogens with one attached hydrogen (secondary N) is 1. The summed E-state index contributed by atoms with van der Waals surface area (Å²) in [4.78, 5) is 29.9. The van der Waals surface area contributed by atoms with Crippen molar-refractivity contribution in [3.05, 3.63) is 130 Å². The van der Waals surface area contributed by atoms with Gasteiger partial charge in [-0.05, 0) is 79.4 Å². The quantitative estimate of drug-likeness (QED) is 0.166. The van der Waals surface area contributed by atoms with E-state index in [2.05, 4.69) is 5.32 Å². The number of nitrogens with zero attached hydrogens (tertiary/aromatic N) is 2. The van der Waals surface area contributed by atoms with Gasteiger partial charge < -0.3 is 10.2 Å². The number of benzene rings is 4. The normalized spacial score (nSPS) is 12.6. The fraction of sp³-hybridized carbons (Fsp3) is 0.257. The van der Waals surface area contributed by atoms with Gasteiger partial charge in [0.15, 0.2) is 0 Å². The first-order valence-corrected chi connectivity index (χ1v) is 16.9. The Morgan fingerprint density at radius 2 is 1.44 bits per heavy atom. The van der Waals surface area contributed by atoms with Crippen LogP contribution in [0.3, 0.4) is 0 Å². The summed E-state index contributed by atoms with van der Waals surface area (Å²) in [6.07, 6.45) is 0.922. The molecule has 236 valence electrons. The fourth-order valence-electron chi connectivity index (χ4n) is 4.96. The maximum Gasteiger partial charge on any atom is 0.264 e. The lowest BCUT2D eigenvalue weighted by Gasteiger charge is -2.34. The zero-order chi connectivity index (χ0) is 32.6. The average molecular weight is 667 g/mol. The standard InChI is InChI=1S/C35H37Cl2N3O4S/c1-4-26(3)38-35(42)33(22-27-12-7-5-8-13-27)39(23-28-14-11-15-29(36)21-28)34(41)24-40(32-19-18-30(37)20-25(32)2)45(43,44)31-16-9-6-10-17-31/h5-21,26,33H,4,22-24H2,1-3H3,(H,38,42)/t26-,33+/m0/s1. The number of anilines is 1. The van der Waals surface area contributed by atoms with Crippen LogP contribution in [-0.4, -0.2) is 43.8 Å². The van der Waals surface area contributed by atoms with Crippen molar-refractivity contribution in [3.63, 3.8) is 0 Å². The van der Waals surface area contributed by atoms with E-state index in [0.29, 0.717) is 33.3 Å². The third kappa shape index (κ3) is 8.87. The van der Waals surface area contributed by atoms with E-state index in [1.807, 2.05) is 50.2 Å². The molecule has 0 aromatic heterocycles. The second-order valence-corrected chi connectivity index (χ2v) is 13.7. The number of halogens is 2. The van der Waals surface area contributed by atoms with Crippen molar-refractivity contribution >= 4 is 50.7 Å². The van der Waals surface area contributed by atoms with E-state index >= 15 is 0 Å². The van der Waals surface area contributed by atoms with E-state index in [1.165, 1.54) is 17.0 Å². The molecule has 0 spiro atoms. The highest BCUT2D eigenvalue weighted by molar-refractivity contribution is 7.92. The van der Waals surface area contributed by atoms with Crippen LogP contribution >= 0.6 is 23.2 Å². The summed E-state index contributed by atoms with van der Waals surface area (Å²) >= 11 is 12.5. The third-order valence-electron chi connectivity index (χ3n) is 7.55. The Kier molecular flexibility index (Phi) is 11.7. The number of sulfonamides is 1. The Labute approximate surface area is 275 Å². The van der Waals surface area contributed by atoms with Crippen molar-refractivity contribution in [2.45, 2.75) is 57.1 Å². The molecular formula is C35H37Cl2N3O4S. The van der Waals surface area contributed by atoms with E-state index in [-0.39, 0.29) is 29.8 Å². The van der Waals surface area contributed by atoms with Crippen LogP contribution in [0, 0.1) is 6.92 Å². The molecule has 0 aliphatic carbocycles. The smallest absolute Gasteiger partial charge is 0.264 e. The summed E-state index contributed by atoms with van der Waals surface area (Å²) in [6.45, 7) is 5.08. The van der Waals surface area contributed by atoms with Crippen LogP contribution in [0.2, 0.25) is 10.0 Å². The predicted octanol–water partition coefficient (Wildman–Crippen LogP) is 7.05. The molecule has 0 heterocycles. The number of rotatable bonds is 13. The summed E-state index contributed by atoms with van der Waals surface area (Å²) in [5.74, 6) is -0.882. The van der Waals surface area contributed by atoms with Gasteiger partial charge in [0.2, 0.25) is 11.8 Å². The molecule has 0 radical (unpaired) electrons. The van der Waals surface area contributed by atoms with Crippen LogP contribution in [-0.2, 0) is 32.6 Å². The molecule has 45 heavy (non-hydrogen) atoms. The first-order valence-electron chi connectivity index (χ1n) is 14.7. The molecule has 2 amide bonds. The molecule has 4 aromatic rings. The van der Waals surface area contributed by atoms with E-state index in [0.717, 1.165) is 9.87 Å². The molecule has 0 aliphatic heterocycles. The zero-order valence-electron chi connectivity index (χ0n) is 25.5. The Bertz CT molecular complexity index is 1720. The van der Waals surface area contributed by atoms with E-state index in [9.17, 15) is 18.0 Å². The number of hydrogen-bond donors (Lipinski definition) is 1. The minimum atomic E-state index is -4.20. The molecule has 10 heteroatoms. The summed E-state index contributed by atoms with van der Waals surface area (Å²) < 4.78 is 29.4. The Morgan fingerprint density at radius 3 is 2.07 bits per heavy atom. The highest BCUT2D eigenvalue weighted by atomic mass is 35.5. The number of carbonyl (C=O) groups excluding carboxylic acids is 2. The fourth-order valence-corrected chi connectivity index (χ4v) is 6.90. The third-order valence-corrected chi connectivity index (χ3v) is 9.80. The largest absolute Gasteiger partial charge is 0.352 e. The highest BCUT2D eigenvalue weighted by Gasteiger charge is 2.35. The number of amides is 2. The Morgan fingerprint density at radius 1 is 0.822 bits per heavy atom. The van der Waals surface area contributed by atoms with Crippen molar-refractivity contribution in [3.8, 4) is 0 Å². The van der Waals surface area contributed by atoms with Crippen LogP contribution in [0.4, 0.5) is 5.69 Å². The van der Waals surface area contributed by atoms with Gasteiger partial charge in [-0.15, -0.1) is 0 Å². The molecule has 0 aliphatic rings. The molecule has 0 bridgehead atoms. The summed E-state index contributed by atoms with van der Waals surface area (Å²) in [6, 6.07) is 28.2. The summed E-state index contributed by atoms with van der Waals surface area (Å²) in [7, 11) is -4.20. The van der Waals surface area contributed by atoms with Gasteiger partial charge in [-0.2, -0.15) is 0 Å². The van der Waals surface area contributed by atoms with Crippen LogP contribution < -0.4 is 9.62 Å². The first kappa shape index (κ1) is 34.0. The lowest BCUT2D eigenvalue weighted by atomic mass is 10.0. The lowest BCUT2D eigenvalue weighted by Crippen LogP contribution is -2.54. The van der Waals surface area contributed by atoms with Crippen molar-refractivity contribution < 1.29 is 18.0 Å². The SMILES string of the molecule is CC[C@H](C)NC(=O)[C@@H](Cc1ccccc1)N(Cc1cccc(Cl)c1)C(=O)CN(c1ccc(Cl)cc1C)S(=O)(=O)c1ccccc1. The van der Waals surface area contributed by atoms with Gasteiger partial charge in [-0.3, -0.25) is 13.9 Å². The van der Waals surface area contributed by atoms with E-state index in [1.54, 1.807) is 61.5 Å². The second-order valence-electron chi connectivity index (χ2n) is 10.9. The molecule has 4 aromatic carbocycles. The van der Waals surface area contributed by atoms with Crippen LogP contribution in [0.15, 0.2) is 108 Å². The van der Waals surface area contributed by atoms with Crippen molar-refractivity contribution in [1.82, 2.24) is 10.2 Å². The number of carbonyl (C=O) groups is 2. The Balaban J connectivity index is 1.83. The number of aryl methyl sites for hydroxylation is 1. The van der Waals surface area contributed by atoms with Crippen LogP contribution in [0.5, 0.6) is 0 Å². The van der Waals surface area contributed by atoms with Gasteiger partial charge in [-0.1, -0.05) is 90.8 Å². The van der Waals surface area contributed by atoms with Gasteiger partial charge in [-0.25, -0.2) is 8.42 Å². The molecule has 2 atom stereocenters. The molecule has 0 fully saturated rings. The van der Waals surface area contributed by atoms with Crippen LogP contribution in [0.25, 0.3) is 0 Å². The predicted molar refractivity (Wildman–Crippen MR) is 181 cm³/mol. The molecule has 0 unspecified atom stereocenters. The minimum absolute atomic E-state index is 0.0314. The zero-order valence-corrected chi connectivity index (χ0v) is 27.8. The van der Waals surface area contributed by atoms with Gasteiger partial charge in [0.25, 0.3) is 10.0 Å². The summed E-state index contributed by atoms with van der Waals surface area (Å²) in [5, 5.41) is 3.95. The van der Waals surface area contributed by atoms with Gasteiger partial charge in [0.05, 0.1) is 10.6 Å². The van der Waals surface area contributed by atoms with Crippen LogP contribution in [0.1, 0.15) is 37.0 Å². The maximum absolute atomic E-state index is 14.5. The van der Waals surface area contributed by atoms with Gasteiger partial charge in [0.1, 0.15) is 12.6 Å². The topological polar surface area (TPSA) is 86.8 Å². The van der Waals surface area contributed by atoms with Gasteiger partial charge in [0, 0.05) is 29.1 Å². The highest BCUT2D eigenvalue weighted by Crippen LogP contribution is 2.30. The lowest BCUT2D eigenvalue weighted by molar-refractivity contribution is -0.140. The first-order chi connectivity index (χ1) is 21.5.